The summed E-state index contributed by atoms with van der Waals surface area (Å²) in [4.78, 5) is 11.4. The summed E-state index contributed by atoms with van der Waals surface area (Å²) in [6, 6.07) is -0.246. The Balaban J connectivity index is 1.90. The maximum Gasteiger partial charge on any atom is 0.223 e. The van der Waals surface area contributed by atoms with Gasteiger partial charge in [-0.15, -0.1) is 0 Å². The van der Waals surface area contributed by atoms with E-state index in [4.69, 9.17) is 10.8 Å². The van der Waals surface area contributed by atoms with Gasteiger partial charge >= 0.3 is 0 Å². The second-order valence-corrected chi connectivity index (χ2v) is 4.35. The first-order valence-electron chi connectivity index (χ1n) is 4.84. The van der Waals surface area contributed by atoms with Crippen LogP contribution >= 0.6 is 0 Å². The summed E-state index contributed by atoms with van der Waals surface area (Å²) in [6.45, 7) is -0.0310. The summed E-state index contributed by atoms with van der Waals surface area (Å²) in [5.74, 6) is 0.158. The van der Waals surface area contributed by atoms with Gasteiger partial charge in [-0.2, -0.15) is 0 Å². The molecule has 4 N–H and O–H groups in total. The number of carbonyl (C=O) groups is 1. The van der Waals surface area contributed by atoms with Crippen molar-refractivity contribution in [2.24, 2.45) is 11.7 Å². The standard InChI is InChI=1S/C9H16N2O2/c10-7(5-12)3-6-4-9(1-2-9)11-8(6)13/h6-7,12H,1-5,10H2,(H,11,13)/t6?,7-/m0/s1. The van der Waals surface area contributed by atoms with Gasteiger partial charge in [0.05, 0.1) is 6.61 Å². The molecule has 2 rings (SSSR count). The van der Waals surface area contributed by atoms with Gasteiger partial charge in [0.15, 0.2) is 0 Å². The van der Waals surface area contributed by atoms with E-state index in [1.165, 1.54) is 0 Å². The zero-order valence-corrected chi connectivity index (χ0v) is 7.62. The van der Waals surface area contributed by atoms with Crippen molar-refractivity contribution >= 4 is 5.91 Å². The molecule has 1 amide bonds. The molecule has 1 unspecified atom stereocenters. The number of nitrogens with two attached hydrogens (primary N) is 1. The summed E-state index contributed by atoms with van der Waals surface area (Å²) in [7, 11) is 0. The highest BCUT2D eigenvalue weighted by molar-refractivity contribution is 5.82. The summed E-state index contributed by atoms with van der Waals surface area (Å²) < 4.78 is 0. The van der Waals surface area contributed by atoms with Crippen LogP contribution in [0, 0.1) is 5.92 Å². The maximum absolute atomic E-state index is 11.4. The van der Waals surface area contributed by atoms with E-state index in [0.29, 0.717) is 6.42 Å². The first-order chi connectivity index (χ1) is 6.15. The lowest BCUT2D eigenvalue weighted by atomic mass is 9.96. The Kier molecular flexibility index (Phi) is 2.04. The van der Waals surface area contributed by atoms with Crippen molar-refractivity contribution in [1.29, 1.82) is 0 Å². The fourth-order valence-electron chi connectivity index (χ4n) is 2.09. The van der Waals surface area contributed by atoms with E-state index < -0.39 is 0 Å². The third-order valence-electron chi connectivity index (χ3n) is 3.07. The van der Waals surface area contributed by atoms with Gasteiger partial charge in [0.25, 0.3) is 0 Å². The normalized spacial score (nSPS) is 31.8. The van der Waals surface area contributed by atoms with Crippen LogP contribution in [-0.4, -0.2) is 29.2 Å². The third-order valence-corrected chi connectivity index (χ3v) is 3.07. The van der Waals surface area contributed by atoms with Crippen LogP contribution in [0.5, 0.6) is 0 Å². The first kappa shape index (κ1) is 8.97. The van der Waals surface area contributed by atoms with Crippen LogP contribution in [0.4, 0.5) is 0 Å². The van der Waals surface area contributed by atoms with Crippen LogP contribution < -0.4 is 11.1 Å². The highest BCUT2D eigenvalue weighted by Gasteiger charge is 2.52. The fraction of sp³-hybridized carbons (Fsp3) is 0.889. The number of carbonyl (C=O) groups excluding carboxylic acids is 1. The Morgan fingerprint density at radius 3 is 2.85 bits per heavy atom. The van der Waals surface area contributed by atoms with Crippen molar-refractivity contribution in [3.8, 4) is 0 Å². The summed E-state index contributed by atoms with van der Waals surface area (Å²) in [5, 5.41) is 11.8. The smallest absolute Gasteiger partial charge is 0.223 e. The molecule has 0 aromatic rings. The van der Waals surface area contributed by atoms with Gasteiger partial charge in [-0.25, -0.2) is 0 Å². The molecule has 2 atom stereocenters. The quantitative estimate of drug-likeness (QED) is 0.546. The summed E-state index contributed by atoms with van der Waals surface area (Å²) in [5.41, 5.74) is 5.73. The van der Waals surface area contributed by atoms with Crippen molar-refractivity contribution in [3.63, 3.8) is 0 Å². The van der Waals surface area contributed by atoms with Crippen molar-refractivity contribution in [2.45, 2.75) is 37.3 Å². The molecule has 1 saturated carbocycles. The number of aliphatic hydroxyl groups is 1. The van der Waals surface area contributed by atoms with Gasteiger partial charge in [-0.05, 0) is 25.7 Å². The molecule has 2 fully saturated rings. The molecule has 0 bridgehead atoms. The molecule has 74 valence electrons. The summed E-state index contributed by atoms with van der Waals surface area (Å²) in [6.07, 6.45) is 3.76. The Labute approximate surface area is 77.5 Å². The number of aliphatic hydroxyl groups excluding tert-OH is 1. The van der Waals surface area contributed by atoms with Crippen LogP contribution in [0.15, 0.2) is 0 Å². The number of rotatable bonds is 3. The van der Waals surface area contributed by atoms with E-state index in [1.807, 2.05) is 0 Å². The van der Waals surface area contributed by atoms with Crippen molar-refractivity contribution in [2.75, 3.05) is 6.61 Å². The van der Waals surface area contributed by atoms with Crippen molar-refractivity contribution < 1.29 is 9.90 Å². The van der Waals surface area contributed by atoms with Crippen LogP contribution in [0.25, 0.3) is 0 Å². The minimum Gasteiger partial charge on any atom is -0.395 e. The molecule has 1 aliphatic heterocycles. The minimum atomic E-state index is -0.246. The molecule has 0 aromatic heterocycles. The maximum atomic E-state index is 11.4. The van der Waals surface area contributed by atoms with E-state index in [2.05, 4.69) is 5.32 Å². The highest BCUT2D eigenvalue weighted by atomic mass is 16.3. The first-order valence-corrected chi connectivity index (χ1v) is 4.84. The molecule has 1 saturated heterocycles. The van der Waals surface area contributed by atoms with Gasteiger partial charge in [0.1, 0.15) is 0 Å². The van der Waals surface area contributed by atoms with Crippen molar-refractivity contribution in [1.82, 2.24) is 5.32 Å². The Morgan fingerprint density at radius 2 is 2.38 bits per heavy atom. The summed E-state index contributed by atoms with van der Waals surface area (Å²) >= 11 is 0. The zero-order chi connectivity index (χ0) is 9.47. The SMILES string of the molecule is N[C@H](CO)CC1CC2(CC2)NC1=O. The molecule has 1 spiro atoms. The topological polar surface area (TPSA) is 75.3 Å². The molecule has 13 heavy (non-hydrogen) atoms. The van der Waals surface area contributed by atoms with Crippen LogP contribution in [0.2, 0.25) is 0 Å². The lowest BCUT2D eigenvalue weighted by Gasteiger charge is -2.11. The second kappa shape index (κ2) is 2.96. The molecule has 0 aromatic carbocycles. The molecule has 1 aliphatic carbocycles. The van der Waals surface area contributed by atoms with Gasteiger partial charge in [-0.1, -0.05) is 0 Å². The average Bonchev–Trinajstić information content (AvgIpc) is 2.75. The van der Waals surface area contributed by atoms with E-state index in [1.54, 1.807) is 0 Å². The minimum absolute atomic E-state index is 0.0310. The number of hydrogen-bond acceptors (Lipinski definition) is 3. The van der Waals surface area contributed by atoms with Gasteiger partial charge in [0, 0.05) is 17.5 Å². The fourth-order valence-corrected chi connectivity index (χ4v) is 2.09. The Hall–Kier alpha value is -0.610. The lowest BCUT2D eigenvalue weighted by Crippen LogP contribution is -2.31. The molecular weight excluding hydrogens is 168 g/mol. The van der Waals surface area contributed by atoms with Gasteiger partial charge in [-0.3, -0.25) is 4.79 Å². The largest absolute Gasteiger partial charge is 0.395 e. The van der Waals surface area contributed by atoms with Crippen molar-refractivity contribution in [3.05, 3.63) is 0 Å². The molecule has 4 heteroatoms. The molecular formula is C9H16N2O2. The number of nitrogens with one attached hydrogen (secondary N) is 1. The molecule has 2 aliphatic rings. The van der Waals surface area contributed by atoms with E-state index in [0.717, 1.165) is 19.3 Å². The monoisotopic (exact) mass is 184 g/mol. The van der Waals surface area contributed by atoms with Crippen LogP contribution in [-0.2, 0) is 4.79 Å². The third kappa shape index (κ3) is 1.69. The Morgan fingerprint density at radius 1 is 1.69 bits per heavy atom. The lowest BCUT2D eigenvalue weighted by molar-refractivity contribution is -0.123. The molecule has 1 heterocycles. The second-order valence-electron chi connectivity index (χ2n) is 4.35. The van der Waals surface area contributed by atoms with E-state index >= 15 is 0 Å². The predicted molar refractivity (Wildman–Crippen MR) is 47.9 cm³/mol. The highest BCUT2D eigenvalue weighted by Crippen LogP contribution is 2.46. The van der Waals surface area contributed by atoms with E-state index in [-0.39, 0.29) is 30.0 Å². The van der Waals surface area contributed by atoms with E-state index in [9.17, 15) is 4.79 Å². The molecule has 4 nitrogen and oxygen atoms in total. The number of hydrogen-bond donors (Lipinski definition) is 3. The van der Waals surface area contributed by atoms with Crippen LogP contribution in [0.1, 0.15) is 25.7 Å². The zero-order valence-electron chi connectivity index (χ0n) is 7.62. The van der Waals surface area contributed by atoms with Gasteiger partial charge in [0.2, 0.25) is 5.91 Å². The predicted octanol–water partition coefficient (Wildman–Crippen LogP) is -0.635. The van der Waals surface area contributed by atoms with Gasteiger partial charge < -0.3 is 16.2 Å². The molecule has 0 radical (unpaired) electrons. The average molecular weight is 184 g/mol. The van der Waals surface area contributed by atoms with Crippen LogP contribution in [0.3, 0.4) is 0 Å². The Bertz CT molecular complexity index is 226. The number of amides is 1.